The fourth-order valence-corrected chi connectivity index (χ4v) is 5.39. The second-order valence-corrected chi connectivity index (χ2v) is 8.71. The van der Waals surface area contributed by atoms with Crippen molar-refractivity contribution in [3.8, 4) is 22.9 Å². The van der Waals surface area contributed by atoms with Crippen molar-refractivity contribution >= 4 is 5.91 Å². The summed E-state index contributed by atoms with van der Waals surface area (Å²) in [6.07, 6.45) is 6.08. The van der Waals surface area contributed by atoms with Crippen molar-refractivity contribution in [3.05, 3.63) is 59.4 Å². The summed E-state index contributed by atoms with van der Waals surface area (Å²) in [7, 11) is 0. The SMILES string of the molecule is O=C(c1ccc(-c2ncn[nH]2)cc1)N1Cc2cc3c(cc2C2(CCCC2)C1)OCCO3. The molecule has 1 fully saturated rings. The zero-order valence-electron chi connectivity index (χ0n) is 17.3. The summed E-state index contributed by atoms with van der Waals surface area (Å²) in [6, 6.07) is 11.9. The first-order valence-corrected chi connectivity index (χ1v) is 10.9. The summed E-state index contributed by atoms with van der Waals surface area (Å²) in [5, 5.41) is 6.75. The normalized spacial score (nSPS) is 18.8. The van der Waals surface area contributed by atoms with Crippen LogP contribution in [0.1, 0.15) is 47.2 Å². The van der Waals surface area contributed by atoms with Gasteiger partial charge < -0.3 is 14.4 Å². The summed E-state index contributed by atoms with van der Waals surface area (Å²) in [6.45, 7) is 2.50. The minimum Gasteiger partial charge on any atom is -0.486 e. The van der Waals surface area contributed by atoms with Crippen LogP contribution in [0.15, 0.2) is 42.7 Å². The molecule has 3 heterocycles. The minimum atomic E-state index is 0.0128. The van der Waals surface area contributed by atoms with Crippen LogP contribution in [0.2, 0.25) is 0 Å². The molecular formula is C24H24N4O3. The lowest BCUT2D eigenvalue weighted by Crippen LogP contribution is -2.46. The van der Waals surface area contributed by atoms with Crippen molar-refractivity contribution < 1.29 is 14.3 Å². The molecule has 0 atom stereocenters. The highest BCUT2D eigenvalue weighted by Gasteiger charge is 2.44. The highest BCUT2D eigenvalue weighted by molar-refractivity contribution is 5.95. The molecule has 3 aromatic rings. The van der Waals surface area contributed by atoms with Crippen molar-refractivity contribution in [2.24, 2.45) is 0 Å². The Balaban J connectivity index is 1.33. The van der Waals surface area contributed by atoms with Gasteiger partial charge in [0.05, 0.1) is 0 Å². The van der Waals surface area contributed by atoms with Crippen molar-refractivity contribution in [2.45, 2.75) is 37.6 Å². The number of carbonyl (C=O) groups is 1. The van der Waals surface area contributed by atoms with Gasteiger partial charge in [0.2, 0.25) is 0 Å². The van der Waals surface area contributed by atoms with Crippen LogP contribution in [0.5, 0.6) is 11.5 Å². The van der Waals surface area contributed by atoms with Crippen LogP contribution >= 0.6 is 0 Å². The fraction of sp³-hybridized carbons (Fsp3) is 0.375. The smallest absolute Gasteiger partial charge is 0.254 e. The minimum absolute atomic E-state index is 0.0128. The van der Waals surface area contributed by atoms with Crippen molar-refractivity contribution in [2.75, 3.05) is 19.8 Å². The van der Waals surface area contributed by atoms with E-state index in [2.05, 4.69) is 27.3 Å². The highest BCUT2D eigenvalue weighted by Crippen LogP contribution is 2.49. The van der Waals surface area contributed by atoms with E-state index in [1.807, 2.05) is 29.2 Å². The third-order valence-corrected chi connectivity index (χ3v) is 6.86. The van der Waals surface area contributed by atoms with Gasteiger partial charge >= 0.3 is 0 Å². The van der Waals surface area contributed by atoms with Gasteiger partial charge in [0, 0.05) is 29.6 Å². The Labute approximate surface area is 180 Å². The monoisotopic (exact) mass is 416 g/mol. The van der Waals surface area contributed by atoms with Crippen LogP contribution in [0.25, 0.3) is 11.4 Å². The number of aromatic nitrogens is 3. The number of aromatic amines is 1. The van der Waals surface area contributed by atoms with E-state index in [0.717, 1.165) is 36.4 Å². The molecule has 1 N–H and O–H groups in total. The summed E-state index contributed by atoms with van der Waals surface area (Å²) >= 11 is 0. The molecule has 1 aromatic heterocycles. The Morgan fingerprint density at radius 3 is 2.48 bits per heavy atom. The van der Waals surface area contributed by atoms with Gasteiger partial charge in [0.1, 0.15) is 19.5 Å². The van der Waals surface area contributed by atoms with Gasteiger partial charge in [-0.15, -0.1) is 0 Å². The summed E-state index contributed by atoms with van der Waals surface area (Å²) in [5.41, 5.74) is 4.15. The molecule has 7 nitrogen and oxygen atoms in total. The van der Waals surface area contributed by atoms with Gasteiger partial charge in [-0.25, -0.2) is 4.98 Å². The number of nitrogens with zero attached hydrogens (tertiary/aromatic N) is 3. The average molecular weight is 416 g/mol. The molecular weight excluding hydrogens is 392 g/mol. The number of benzene rings is 2. The van der Waals surface area contributed by atoms with E-state index >= 15 is 0 Å². The van der Waals surface area contributed by atoms with Gasteiger partial charge in [-0.2, -0.15) is 5.10 Å². The Hall–Kier alpha value is -3.35. The number of rotatable bonds is 2. The maximum absolute atomic E-state index is 13.5. The van der Waals surface area contributed by atoms with Crippen molar-refractivity contribution in [3.63, 3.8) is 0 Å². The molecule has 2 aromatic carbocycles. The predicted octanol–water partition coefficient (Wildman–Crippen LogP) is 3.71. The van der Waals surface area contributed by atoms with Crippen LogP contribution in [-0.4, -0.2) is 45.7 Å². The molecule has 1 aliphatic carbocycles. The zero-order chi connectivity index (χ0) is 20.8. The quantitative estimate of drug-likeness (QED) is 0.689. The molecule has 6 rings (SSSR count). The fourth-order valence-electron chi connectivity index (χ4n) is 5.39. The number of carbonyl (C=O) groups excluding carboxylic acids is 1. The van der Waals surface area contributed by atoms with Crippen LogP contribution in [0.3, 0.4) is 0 Å². The van der Waals surface area contributed by atoms with Crippen LogP contribution in [0.4, 0.5) is 0 Å². The first-order valence-electron chi connectivity index (χ1n) is 10.9. The van der Waals surface area contributed by atoms with Crippen molar-refractivity contribution in [1.82, 2.24) is 20.1 Å². The molecule has 0 radical (unpaired) electrons. The number of amides is 1. The van der Waals surface area contributed by atoms with E-state index in [0.29, 0.717) is 31.1 Å². The average Bonchev–Trinajstić information content (AvgIpc) is 3.51. The van der Waals surface area contributed by atoms with E-state index < -0.39 is 0 Å². The number of nitrogens with one attached hydrogen (secondary N) is 1. The molecule has 0 unspecified atom stereocenters. The maximum atomic E-state index is 13.5. The summed E-state index contributed by atoms with van der Waals surface area (Å²) < 4.78 is 11.7. The number of hydrogen-bond acceptors (Lipinski definition) is 5. The van der Waals surface area contributed by atoms with E-state index in [1.165, 1.54) is 30.3 Å². The van der Waals surface area contributed by atoms with Gasteiger partial charge in [-0.1, -0.05) is 25.0 Å². The second-order valence-electron chi connectivity index (χ2n) is 8.71. The lowest BCUT2D eigenvalue weighted by molar-refractivity contribution is 0.0669. The zero-order valence-corrected chi connectivity index (χ0v) is 17.3. The Kier molecular flexibility index (Phi) is 4.23. The standard InChI is InChI=1S/C24H24N4O3/c29-23(17-5-3-16(4-6-17)22-25-15-26-27-22)28-13-18-11-20-21(31-10-9-30-20)12-19(18)24(14-28)7-1-2-8-24/h3-6,11-12,15H,1-2,7-10,13-14H2,(H,25,26,27). The lowest BCUT2D eigenvalue weighted by atomic mass is 9.73. The third-order valence-electron chi connectivity index (χ3n) is 6.86. The summed E-state index contributed by atoms with van der Waals surface area (Å²) in [5.74, 6) is 2.40. The Morgan fingerprint density at radius 2 is 1.77 bits per heavy atom. The van der Waals surface area contributed by atoms with Gasteiger partial charge in [-0.05, 0) is 48.2 Å². The van der Waals surface area contributed by atoms with Gasteiger partial charge in [-0.3, -0.25) is 9.89 Å². The van der Waals surface area contributed by atoms with E-state index in [4.69, 9.17) is 9.47 Å². The highest BCUT2D eigenvalue weighted by atomic mass is 16.6. The molecule has 1 spiro atoms. The van der Waals surface area contributed by atoms with Gasteiger partial charge in [0.15, 0.2) is 17.3 Å². The topological polar surface area (TPSA) is 80.3 Å². The number of H-pyrrole nitrogens is 1. The first-order chi connectivity index (χ1) is 15.2. The lowest BCUT2D eigenvalue weighted by Gasteiger charge is -2.43. The molecule has 1 saturated carbocycles. The molecule has 0 bridgehead atoms. The largest absolute Gasteiger partial charge is 0.486 e. The van der Waals surface area contributed by atoms with Crippen LogP contribution in [0, 0.1) is 0 Å². The van der Waals surface area contributed by atoms with E-state index in [-0.39, 0.29) is 11.3 Å². The summed E-state index contributed by atoms with van der Waals surface area (Å²) in [4.78, 5) is 19.7. The van der Waals surface area contributed by atoms with Gasteiger partial charge in [0.25, 0.3) is 5.91 Å². The molecule has 31 heavy (non-hydrogen) atoms. The number of ether oxygens (including phenoxy) is 2. The van der Waals surface area contributed by atoms with Crippen molar-refractivity contribution in [1.29, 1.82) is 0 Å². The second kappa shape index (κ2) is 7.11. The number of hydrogen-bond donors (Lipinski definition) is 1. The molecule has 2 aliphatic heterocycles. The van der Waals surface area contributed by atoms with E-state index in [1.54, 1.807) is 0 Å². The van der Waals surface area contributed by atoms with Crippen LogP contribution in [-0.2, 0) is 12.0 Å². The molecule has 0 saturated heterocycles. The molecule has 7 heteroatoms. The Bertz CT molecular complexity index is 1120. The predicted molar refractivity (Wildman–Crippen MR) is 114 cm³/mol. The molecule has 158 valence electrons. The number of fused-ring (bicyclic) bond motifs is 3. The first kappa shape index (κ1) is 18.4. The Morgan fingerprint density at radius 1 is 1.03 bits per heavy atom. The maximum Gasteiger partial charge on any atom is 0.254 e. The third kappa shape index (κ3) is 3.07. The van der Waals surface area contributed by atoms with E-state index in [9.17, 15) is 4.79 Å². The van der Waals surface area contributed by atoms with Crippen LogP contribution < -0.4 is 9.47 Å². The molecule has 3 aliphatic rings. The molecule has 1 amide bonds.